The van der Waals surface area contributed by atoms with Crippen LogP contribution in [-0.4, -0.2) is 29.3 Å². The van der Waals surface area contributed by atoms with Crippen molar-refractivity contribution in [1.29, 1.82) is 0 Å². The molecule has 0 spiro atoms. The van der Waals surface area contributed by atoms with Crippen LogP contribution in [0.15, 0.2) is 21.6 Å². The Hall–Kier alpha value is -1.43. The molecule has 1 heterocycles. The Morgan fingerprint density at radius 1 is 1.47 bits per heavy atom. The Balaban J connectivity index is 2.34. The fraction of sp³-hybridized carbons (Fsp3) is 0.455. The summed E-state index contributed by atoms with van der Waals surface area (Å²) in [6.45, 7) is 4.66. The number of furan rings is 1. The number of hydrogen-bond acceptors (Lipinski definition) is 4. The highest BCUT2D eigenvalue weighted by molar-refractivity contribution is 7.99. The van der Waals surface area contributed by atoms with Crippen LogP contribution in [0, 0.1) is 5.92 Å². The largest absolute Gasteiger partial charge is 0.475 e. The van der Waals surface area contributed by atoms with E-state index in [1.165, 1.54) is 17.8 Å². The maximum absolute atomic E-state index is 11.4. The summed E-state index contributed by atoms with van der Waals surface area (Å²) < 4.78 is 5.00. The number of thioether (sulfide) groups is 1. The Kier molecular flexibility index (Phi) is 5.09. The van der Waals surface area contributed by atoms with Gasteiger partial charge in [0.2, 0.25) is 11.7 Å². The number of carboxylic acids is 1. The van der Waals surface area contributed by atoms with Crippen molar-refractivity contribution in [2.45, 2.75) is 18.9 Å². The lowest BCUT2D eigenvalue weighted by atomic mass is 10.2. The second-order valence-electron chi connectivity index (χ2n) is 3.91. The number of carbonyl (C=O) groups excluding carboxylic acids is 1. The van der Waals surface area contributed by atoms with Gasteiger partial charge in [0.15, 0.2) is 5.09 Å². The van der Waals surface area contributed by atoms with Crippen LogP contribution in [0.3, 0.4) is 0 Å². The van der Waals surface area contributed by atoms with Gasteiger partial charge in [0.1, 0.15) is 0 Å². The number of carbonyl (C=O) groups is 2. The molecule has 1 rings (SSSR count). The molecule has 0 unspecified atom stereocenters. The highest BCUT2D eigenvalue weighted by Gasteiger charge is 2.10. The second-order valence-corrected chi connectivity index (χ2v) is 4.89. The predicted octanol–water partition coefficient (Wildman–Crippen LogP) is 1.84. The quantitative estimate of drug-likeness (QED) is 0.760. The van der Waals surface area contributed by atoms with Crippen molar-refractivity contribution in [3.63, 3.8) is 0 Å². The van der Waals surface area contributed by atoms with Crippen LogP contribution in [0.5, 0.6) is 0 Å². The van der Waals surface area contributed by atoms with Gasteiger partial charge in [0.05, 0.1) is 5.75 Å². The van der Waals surface area contributed by atoms with Crippen LogP contribution in [0.25, 0.3) is 0 Å². The number of hydrogen-bond donors (Lipinski definition) is 2. The van der Waals surface area contributed by atoms with Gasteiger partial charge in [-0.25, -0.2) is 4.79 Å². The zero-order valence-electron chi connectivity index (χ0n) is 9.73. The van der Waals surface area contributed by atoms with Crippen LogP contribution >= 0.6 is 11.8 Å². The van der Waals surface area contributed by atoms with Crippen molar-refractivity contribution in [2.75, 3.05) is 12.3 Å². The van der Waals surface area contributed by atoms with Gasteiger partial charge in [0.25, 0.3) is 0 Å². The van der Waals surface area contributed by atoms with E-state index in [9.17, 15) is 9.59 Å². The van der Waals surface area contributed by atoms with E-state index in [0.717, 1.165) is 0 Å². The third-order valence-electron chi connectivity index (χ3n) is 1.85. The van der Waals surface area contributed by atoms with E-state index in [0.29, 0.717) is 17.6 Å². The van der Waals surface area contributed by atoms with Gasteiger partial charge in [-0.1, -0.05) is 25.6 Å². The minimum Gasteiger partial charge on any atom is -0.475 e. The molecule has 0 aromatic carbocycles. The first kappa shape index (κ1) is 13.6. The number of nitrogens with one attached hydrogen (secondary N) is 1. The predicted molar refractivity (Wildman–Crippen MR) is 64.2 cm³/mol. The van der Waals surface area contributed by atoms with E-state index in [2.05, 4.69) is 5.32 Å². The minimum absolute atomic E-state index is 0.0861. The third kappa shape index (κ3) is 4.95. The van der Waals surface area contributed by atoms with Crippen molar-refractivity contribution in [2.24, 2.45) is 5.92 Å². The average molecular weight is 257 g/mol. The first-order chi connectivity index (χ1) is 7.99. The van der Waals surface area contributed by atoms with Gasteiger partial charge >= 0.3 is 5.97 Å². The molecule has 2 N–H and O–H groups in total. The topological polar surface area (TPSA) is 79.5 Å². The number of carboxylic acid groups (broad SMARTS) is 1. The summed E-state index contributed by atoms with van der Waals surface area (Å²) in [6.07, 6.45) is 0. The molecule has 0 fully saturated rings. The second kappa shape index (κ2) is 6.34. The molecule has 6 heteroatoms. The molecule has 0 radical (unpaired) electrons. The van der Waals surface area contributed by atoms with Crippen molar-refractivity contribution in [1.82, 2.24) is 5.32 Å². The Morgan fingerprint density at radius 2 is 2.18 bits per heavy atom. The van der Waals surface area contributed by atoms with Gasteiger partial charge < -0.3 is 14.8 Å². The van der Waals surface area contributed by atoms with E-state index >= 15 is 0 Å². The summed E-state index contributed by atoms with van der Waals surface area (Å²) in [5.41, 5.74) is 0. The molecule has 0 saturated carbocycles. The van der Waals surface area contributed by atoms with Crippen LogP contribution in [0.1, 0.15) is 24.4 Å². The molecular weight excluding hydrogens is 242 g/mol. The molecule has 0 atom stereocenters. The summed E-state index contributed by atoms with van der Waals surface area (Å²) in [4.78, 5) is 21.9. The van der Waals surface area contributed by atoms with Crippen LogP contribution < -0.4 is 5.32 Å². The van der Waals surface area contributed by atoms with E-state index in [1.807, 2.05) is 13.8 Å². The molecule has 1 aromatic rings. The van der Waals surface area contributed by atoms with Crippen LogP contribution in [0.4, 0.5) is 0 Å². The lowest BCUT2D eigenvalue weighted by molar-refractivity contribution is -0.118. The average Bonchev–Trinajstić information content (AvgIpc) is 2.72. The normalized spacial score (nSPS) is 10.5. The molecular formula is C11H15NO4S. The van der Waals surface area contributed by atoms with Gasteiger partial charge in [-0.3, -0.25) is 4.79 Å². The monoisotopic (exact) mass is 257 g/mol. The molecule has 1 aromatic heterocycles. The molecule has 0 aliphatic heterocycles. The molecule has 0 bridgehead atoms. The molecule has 5 nitrogen and oxygen atoms in total. The Labute approximate surface area is 104 Å². The van der Waals surface area contributed by atoms with Crippen molar-refractivity contribution < 1.29 is 19.1 Å². The smallest absolute Gasteiger partial charge is 0.371 e. The molecule has 1 amide bonds. The van der Waals surface area contributed by atoms with Gasteiger partial charge in [-0.05, 0) is 18.1 Å². The van der Waals surface area contributed by atoms with Crippen LogP contribution in [-0.2, 0) is 4.79 Å². The fourth-order valence-electron chi connectivity index (χ4n) is 1.02. The fourth-order valence-corrected chi connectivity index (χ4v) is 1.71. The van der Waals surface area contributed by atoms with E-state index in [4.69, 9.17) is 9.52 Å². The molecule has 0 aliphatic carbocycles. The maximum Gasteiger partial charge on any atom is 0.371 e. The van der Waals surface area contributed by atoms with Crippen LogP contribution in [0.2, 0.25) is 0 Å². The summed E-state index contributed by atoms with van der Waals surface area (Å²) in [6, 6.07) is 2.92. The van der Waals surface area contributed by atoms with Crippen molar-refractivity contribution in [3.05, 3.63) is 17.9 Å². The number of amides is 1. The summed E-state index contributed by atoms with van der Waals surface area (Å²) in [5, 5.41) is 11.8. The number of aromatic carboxylic acids is 1. The summed E-state index contributed by atoms with van der Waals surface area (Å²) in [5.74, 6) is -0.682. The molecule has 0 saturated heterocycles. The summed E-state index contributed by atoms with van der Waals surface area (Å²) >= 11 is 1.18. The zero-order valence-corrected chi connectivity index (χ0v) is 10.5. The van der Waals surface area contributed by atoms with E-state index < -0.39 is 5.97 Å². The van der Waals surface area contributed by atoms with Crippen molar-refractivity contribution >= 4 is 23.6 Å². The lowest BCUT2D eigenvalue weighted by Gasteiger charge is -2.06. The Morgan fingerprint density at radius 3 is 2.71 bits per heavy atom. The molecule has 17 heavy (non-hydrogen) atoms. The van der Waals surface area contributed by atoms with Gasteiger partial charge in [-0.15, -0.1) is 0 Å². The van der Waals surface area contributed by atoms with E-state index in [1.54, 1.807) is 6.07 Å². The zero-order chi connectivity index (χ0) is 12.8. The highest BCUT2D eigenvalue weighted by Crippen LogP contribution is 2.20. The SMILES string of the molecule is CC(C)CNC(=O)CSc1ccc(C(=O)O)o1. The minimum atomic E-state index is -1.11. The first-order valence-corrected chi connectivity index (χ1v) is 6.20. The Bertz CT molecular complexity index is 400. The molecule has 0 aliphatic rings. The van der Waals surface area contributed by atoms with E-state index in [-0.39, 0.29) is 17.4 Å². The molecule has 94 valence electrons. The summed E-state index contributed by atoms with van der Waals surface area (Å²) in [7, 11) is 0. The highest BCUT2D eigenvalue weighted by atomic mass is 32.2. The maximum atomic E-state index is 11.4. The first-order valence-electron chi connectivity index (χ1n) is 5.21. The number of rotatable bonds is 6. The standard InChI is InChI=1S/C11H15NO4S/c1-7(2)5-12-9(13)6-17-10-4-3-8(16-10)11(14)15/h3-4,7H,5-6H2,1-2H3,(H,12,13)(H,14,15). The van der Waals surface area contributed by atoms with Gasteiger partial charge in [0, 0.05) is 6.54 Å². The van der Waals surface area contributed by atoms with Gasteiger partial charge in [-0.2, -0.15) is 0 Å². The van der Waals surface area contributed by atoms with Crippen molar-refractivity contribution in [3.8, 4) is 0 Å². The lowest BCUT2D eigenvalue weighted by Crippen LogP contribution is -2.28. The third-order valence-corrected chi connectivity index (χ3v) is 2.76.